The lowest BCUT2D eigenvalue weighted by Crippen LogP contribution is -2.29. The van der Waals surface area contributed by atoms with Gasteiger partial charge in [0.15, 0.2) is 5.06 Å². The number of fused-ring (bicyclic) bond motifs is 10. The van der Waals surface area contributed by atoms with Crippen LogP contribution in [0.4, 0.5) is 0 Å². The smallest absolute Gasteiger partial charge is 0.174 e. The highest BCUT2D eigenvalue weighted by Gasteiger charge is 2.53. The van der Waals surface area contributed by atoms with E-state index in [4.69, 9.17) is 4.74 Å². The van der Waals surface area contributed by atoms with Crippen molar-refractivity contribution in [2.24, 2.45) is 11.8 Å². The molecule has 0 fully saturated rings. The van der Waals surface area contributed by atoms with Crippen LogP contribution in [0.25, 0.3) is 60.6 Å². The van der Waals surface area contributed by atoms with Gasteiger partial charge in [-0.1, -0.05) is 286 Å². The molecule has 1 nitrogen and oxygen atoms in total. The quantitative estimate of drug-likeness (QED) is 0.0348. The van der Waals surface area contributed by atoms with Gasteiger partial charge in [-0.3, -0.25) is 0 Å². The molecule has 2 atom stereocenters. The molecule has 526 valence electrons. The van der Waals surface area contributed by atoms with E-state index in [2.05, 4.69) is 234 Å². The van der Waals surface area contributed by atoms with Gasteiger partial charge in [-0.25, -0.2) is 0 Å². The average molecular weight is 1440 g/mol. The number of hydrogen-bond acceptors (Lipinski definition) is 7. The summed E-state index contributed by atoms with van der Waals surface area (Å²) in [6.07, 6.45) is 37.0. The maximum absolute atomic E-state index is 7.11. The lowest BCUT2D eigenvalue weighted by atomic mass is 9.66. The molecule has 5 aromatic carbocycles. The van der Waals surface area contributed by atoms with Crippen molar-refractivity contribution in [2.45, 2.75) is 259 Å². The van der Waals surface area contributed by atoms with Crippen molar-refractivity contribution in [3.05, 3.63) is 216 Å². The summed E-state index contributed by atoms with van der Waals surface area (Å²) < 4.78 is 9.98. The van der Waals surface area contributed by atoms with Crippen LogP contribution in [0.15, 0.2) is 144 Å². The van der Waals surface area contributed by atoms with Gasteiger partial charge in [0.25, 0.3) is 0 Å². The molecular weight excluding hydrogens is 1330 g/mol. The molecule has 11 aromatic rings. The first-order chi connectivity index (χ1) is 49.3. The SMILES string of the molecule is CCCCCCc1ccc(C2(c3ccc(CCCCCC)cc3)c3ccsc3-c3sc4c(-c5ccc(OCC(CC)CCCC)s5)c5c6c(sc5c(-c5ccc(CCC(CC)CCCC)s5)c4c32)-c2sccc2C6(c2ccc(CCCCCC)cc2)c2ccc(CCCCCC)cc2)cc1. The van der Waals surface area contributed by atoms with Crippen molar-refractivity contribution in [2.75, 3.05) is 6.61 Å². The van der Waals surface area contributed by atoms with Crippen LogP contribution in [0, 0.1) is 11.8 Å². The van der Waals surface area contributed by atoms with Crippen LogP contribution in [-0.2, 0) is 42.9 Å². The molecule has 0 saturated heterocycles. The van der Waals surface area contributed by atoms with Gasteiger partial charge in [0.1, 0.15) is 0 Å². The molecule has 2 aliphatic rings. The summed E-state index contributed by atoms with van der Waals surface area (Å²) in [5.41, 5.74) is 18.9. The highest BCUT2D eigenvalue weighted by Crippen LogP contribution is 2.70. The van der Waals surface area contributed by atoms with Crippen molar-refractivity contribution >= 4 is 88.2 Å². The van der Waals surface area contributed by atoms with Gasteiger partial charge >= 0.3 is 0 Å². The Hall–Kier alpha value is -5.38. The van der Waals surface area contributed by atoms with Crippen LogP contribution in [0.1, 0.15) is 288 Å². The first-order valence-electron chi connectivity index (χ1n) is 39.7. The maximum Gasteiger partial charge on any atom is 0.174 e. The zero-order chi connectivity index (χ0) is 69.0. The van der Waals surface area contributed by atoms with E-state index >= 15 is 0 Å². The Balaban J connectivity index is 1.14. The van der Waals surface area contributed by atoms with Gasteiger partial charge in [0, 0.05) is 55.7 Å². The van der Waals surface area contributed by atoms with Crippen LogP contribution in [-0.4, -0.2) is 6.61 Å². The molecule has 0 N–H and O–H groups in total. The molecule has 0 amide bonds. The van der Waals surface area contributed by atoms with Crippen molar-refractivity contribution < 1.29 is 4.74 Å². The van der Waals surface area contributed by atoms with Crippen molar-refractivity contribution in [1.29, 1.82) is 0 Å². The second-order valence-corrected chi connectivity index (χ2v) is 35.8. The molecule has 7 heteroatoms. The third-order valence-corrected chi connectivity index (χ3v) is 29.7. The number of thiophene rings is 6. The molecule has 6 aromatic heterocycles. The lowest BCUT2D eigenvalue weighted by molar-refractivity contribution is 0.239. The van der Waals surface area contributed by atoms with Crippen LogP contribution in [0.2, 0.25) is 0 Å². The minimum atomic E-state index is -0.580. The fourth-order valence-corrected chi connectivity index (χ4v) is 24.4. The van der Waals surface area contributed by atoms with E-state index in [1.165, 1.54) is 286 Å². The third kappa shape index (κ3) is 14.6. The van der Waals surface area contributed by atoms with Gasteiger partial charge in [-0.05, 0) is 196 Å². The van der Waals surface area contributed by atoms with Crippen LogP contribution in [0.3, 0.4) is 0 Å². The monoisotopic (exact) mass is 1440 g/mol. The minimum Gasteiger partial charge on any atom is -0.484 e. The number of rotatable bonds is 40. The Labute approximate surface area is 626 Å². The van der Waals surface area contributed by atoms with Gasteiger partial charge in [-0.2, -0.15) is 0 Å². The standard InChI is InChI=1S/C93H112OS6/c1-9-17-23-27-33-66-37-46-70(47-38-66)92(71-48-39-67(40-49-71)34-28-24-18-10-2)75-59-61-95-86(75)90-84(92)82-80(77-56-55-74(97-77)54-45-64(15-7)31-21-13-5)88-83(81(89(82)100-90)78-57-58-79(98-78)94-63-65(16-8)32-22-14-6)85-91(99-88)87-76(60-62-96-87)93(85,72-50-41-68(42-51-72)35-29-25-19-11-3)73-52-43-69(44-53-73)36-30-26-20-12-4/h37-44,46-53,55-62,64-65H,9-36,45,54,63H2,1-8H3. The summed E-state index contributed by atoms with van der Waals surface area (Å²) in [5, 5.41) is 8.78. The summed E-state index contributed by atoms with van der Waals surface area (Å²) in [6, 6.07) is 55.7. The maximum atomic E-state index is 7.11. The van der Waals surface area contributed by atoms with E-state index in [-0.39, 0.29) is 0 Å². The Morgan fingerprint density at radius 2 is 0.710 bits per heavy atom. The summed E-state index contributed by atoms with van der Waals surface area (Å²) in [6.45, 7) is 19.5. The predicted octanol–water partition coefficient (Wildman–Crippen LogP) is 30.7. The number of aryl methyl sites for hydroxylation is 5. The second-order valence-electron chi connectivity index (χ2n) is 29.7. The molecule has 0 saturated carbocycles. The summed E-state index contributed by atoms with van der Waals surface area (Å²) >= 11 is 12.2. The predicted molar refractivity (Wildman–Crippen MR) is 446 cm³/mol. The first-order valence-corrected chi connectivity index (χ1v) is 44.8. The third-order valence-electron chi connectivity index (χ3n) is 23.0. The molecule has 0 aliphatic heterocycles. The topological polar surface area (TPSA) is 9.23 Å². The Bertz CT molecular complexity index is 3980. The molecular formula is C93H112OS6. The Morgan fingerprint density at radius 3 is 1.10 bits per heavy atom. The van der Waals surface area contributed by atoms with E-state index < -0.39 is 10.8 Å². The number of ether oxygens (including phenoxy) is 1. The Kier molecular flexibility index (Phi) is 25.2. The molecule has 13 rings (SSSR count). The second kappa shape index (κ2) is 34.5. The fourth-order valence-electron chi connectivity index (χ4n) is 17.2. The highest BCUT2D eigenvalue weighted by atomic mass is 32.1. The van der Waals surface area contributed by atoms with Gasteiger partial charge in [-0.15, -0.1) is 56.7 Å². The van der Waals surface area contributed by atoms with Crippen molar-refractivity contribution in [1.82, 2.24) is 0 Å². The van der Waals surface area contributed by atoms with Crippen LogP contribution in [0.5, 0.6) is 5.06 Å². The molecule has 0 radical (unpaired) electrons. The average Bonchev–Trinajstić information content (AvgIpc) is 1.49. The largest absolute Gasteiger partial charge is 0.484 e. The molecule has 6 heterocycles. The normalized spacial score (nSPS) is 14.1. The van der Waals surface area contributed by atoms with E-state index in [0.717, 1.165) is 56.1 Å². The van der Waals surface area contributed by atoms with Crippen molar-refractivity contribution in [3.63, 3.8) is 0 Å². The molecule has 2 aliphatic carbocycles. The highest BCUT2D eigenvalue weighted by molar-refractivity contribution is 7.29. The summed E-state index contributed by atoms with van der Waals surface area (Å²) in [7, 11) is 0. The van der Waals surface area contributed by atoms with E-state index in [9.17, 15) is 0 Å². The minimum absolute atomic E-state index is 0.534. The summed E-state index contributed by atoms with van der Waals surface area (Å²) in [5.74, 6) is 1.28. The number of hydrogen-bond donors (Lipinski definition) is 0. The van der Waals surface area contributed by atoms with E-state index in [1.807, 2.05) is 34.0 Å². The molecule has 100 heavy (non-hydrogen) atoms. The zero-order valence-electron chi connectivity index (χ0n) is 61.8. The van der Waals surface area contributed by atoms with Crippen LogP contribution < -0.4 is 4.74 Å². The van der Waals surface area contributed by atoms with Gasteiger partial charge < -0.3 is 4.74 Å². The van der Waals surface area contributed by atoms with E-state index in [1.54, 1.807) is 0 Å². The van der Waals surface area contributed by atoms with Gasteiger partial charge in [0.2, 0.25) is 0 Å². The fraction of sp³-hybridized carbons (Fsp3) is 0.462. The Morgan fingerprint density at radius 1 is 0.330 bits per heavy atom. The van der Waals surface area contributed by atoms with Crippen LogP contribution >= 0.6 is 68.0 Å². The van der Waals surface area contributed by atoms with E-state index in [0.29, 0.717) is 5.92 Å². The molecule has 0 spiro atoms. The summed E-state index contributed by atoms with van der Waals surface area (Å²) in [4.78, 5) is 10.0. The lowest BCUT2D eigenvalue weighted by Gasteiger charge is -2.35. The van der Waals surface area contributed by atoms with Gasteiger partial charge in [0.05, 0.1) is 27.2 Å². The molecule has 2 unspecified atom stereocenters. The van der Waals surface area contributed by atoms with Crippen molar-refractivity contribution in [3.8, 4) is 45.5 Å². The number of benzene rings is 5. The first kappa shape index (κ1) is 73.0. The zero-order valence-corrected chi connectivity index (χ0v) is 66.7. The molecule has 0 bridgehead atoms. The number of unbranched alkanes of at least 4 members (excludes halogenated alkanes) is 14.